The zero-order valence-electron chi connectivity index (χ0n) is 29.5. The number of hydrogen-bond donors (Lipinski definition) is 0. The van der Waals surface area contributed by atoms with Crippen LogP contribution in [0.2, 0.25) is 48.8 Å². The molecule has 2 aromatic heterocycles. The third-order valence-corrected chi connectivity index (χ3v) is 15.7. The van der Waals surface area contributed by atoms with Crippen LogP contribution >= 0.6 is 11.6 Å². The summed E-state index contributed by atoms with van der Waals surface area (Å²) in [4.78, 5) is 21.0. The standard InChI is InChI=1S/C33H46ClF2N3O8Si2/c1-33(2,3)49(8,9)47-26-17-44-27-25(16-43-28(26)27)46-32-37-24-14-21(34)30(38-29(24)39(32)18-42-10-11-48(5,6)7)45-15-20-22(35)12-19(13-23(20)36)31(40)41-4/h12-14,25-28H,10-11,15-18H2,1-9H3/t25-,26-,27-,28-/m1/s1. The monoisotopic (exact) mass is 741 g/mol. The van der Waals surface area contributed by atoms with Gasteiger partial charge >= 0.3 is 12.0 Å². The minimum Gasteiger partial charge on any atom is -0.471 e. The van der Waals surface area contributed by atoms with Crippen LogP contribution < -0.4 is 9.47 Å². The van der Waals surface area contributed by atoms with Gasteiger partial charge in [-0.1, -0.05) is 52.0 Å². The van der Waals surface area contributed by atoms with Crippen LogP contribution in [-0.4, -0.2) is 88.2 Å². The Labute approximate surface area is 292 Å². The van der Waals surface area contributed by atoms with Crippen molar-refractivity contribution in [2.24, 2.45) is 0 Å². The summed E-state index contributed by atoms with van der Waals surface area (Å²) >= 11 is 6.51. The summed E-state index contributed by atoms with van der Waals surface area (Å²) in [6, 6.07) is 4.48. The van der Waals surface area contributed by atoms with Gasteiger partial charge in [-0.25, -0.2) is 13.6 Å². The Morgan fingerprint density at radius 1 is 1.02 bits per heavy atom. The molecule has 4 atom stereocenters. The molecule has 2 saturated heterocycles. The number of carbonyl (C=O) groups excluding carboxylic acids is 1. The van der Waals surface area contributed by atoms with Crippen LogP contribution in [0.5, 0.6) is 11.9 Å². The second-order valence-electron chi connectivity index (χ2n) is 15.2. The molecule has 3 aromatic rings. The third kappa shape index (κ3) is 8.46. The topological polar surface area (TPSA) is 112 Å². The first-order valence-corrected chi connectivity index (χ1v) is 23.3. The zero-order chi connectivity index (χ0) is 35.9. The van der Waals surface area contributed by atoms with Gasteiger partial charge in [0.05, 0.1) is 37.6 Å². The number of rotatable bonds is 13. The van der Waals surface area contributed by atoms with Crippen molar-refractivity contribution in [3.63, 3.8) is 0 Å². The molecule has 11 nitrogen and oxygen atoms in total. The Hall–Kier alpha value is -2.67. The molecule has 0 saturated carbocycles. The number of imidazole rings is 1. The third-order valence-electron chi connectivity index (χ3n) is 9.21. The van der Waals surface area contributed by atoms with Crippen LogP contribution in [-0.2, 0) is 36.7 Å². The number of hydrogen-bond acceptors (Lipinski definition) is 10. The molecule has 0 N–H and O–H groups in total. The van der Waals surface area contributed by atoms with Crippen molar-refractivity contribution in [1.82, 2.24) is 14.5 Å². The zero-order valence-corrected chi connectivity index (χ0v) is 32.3. The molecule has 4 heterocycles. The summed E-state index contributed by atoms with van der Waals surface area (Å²) in [5.74, 6) is -2.89. The summed E-state index contributed by atoms with van der Waals surface area (Å²) in [6.07, 6.45) is -1.31. The number of benzene rings is 1. The average molecular weight is 742 g/mol. The molecule has 0 spiro atoms. The maximum absolute atomic E-state index is 14.8. The van der Waals surface area contributed by atoms with E-state index in [0.29, 0.717) is 24.4 Å². The van der Waals surface area contributed by atoms with Crippen LogP contribution in [0.15, 0.2) is 18.2 Å². The lowest BCUT2D eigenvalue weighted by Gasteiger charge is -2.39. The van der Waals surface area contributed by atoms with Gasteiger partial charge in [0.25, 0.3) is 0 Å². The molecule has 49 heavy (non-hydrogen) atoms. The molecular weight excluding hydrogens is 696 g/mol. The molecule has 0 aliphatic carbocycles. The fourth-order valence-corrected chi connectivity index (χ4v) is 7.54. The lowest BCUT2D eigenvalue weighted by molar-refractivity contribution is 0.00686. The van der Waals surface area contributed by atoms with Gasteiger partial charge in [0, 0.05) is 14.7 Å². The van der Waals surface area contributed by atoms with E-state index in [1.54, 1.807) is 10.6 Å². The second-order valence-corrected chi connectivity index (χ2v) is 25.9. The van der Waals surface area contributed by atoms with Gasteiger partial charge < -0.3 is 32.8 Å². The SMILES string of the molecule is COC(=O)c1cc(F)c(COc2nc3c(cc2Cl)nc(O[C@@H]2CO[C@H]4[C@@H]2OC[C@H]4O[Si](C)(C)C(C)(C)C)n3COCC[Si](C)(C)C)c(F)c1. The highest BCUT2D eigenvalue weighted by atomic mass is 35.5. The number of nitrogens with zero attached hydrogens (tertiary/aromatic N) is 3. The minimum atomic E-state index is -2.07. The number of methoxy groups -OCH3 is 1. The first-order valence-electron chi connectivity index (χ1n) is 16.3. The van der Waals surface area contributed by atoms with E-state index in [9.17, 15) is 13.6 Å². The van der Waals surface area contributed by atoms with Crippen LogP contribution in [0.4, 0.5) is 8.78 Å². The highest BCUT2D eigenvalue weighted by Crippen LogP contribution is 2.41. The molecule has 1 aromatic carbocycles. The molecule has 2 fully saturated rings. The predicted octanol–water partition coefficient (Wildman–Crippen LogP) is 6.98. The van der Waals surface area contributed by atoms with Crippen molar-refractivity contribution < 1.29 is 46.4 Å². The maximum atomic E-state index is 14.8. The Bertz CT molecular complexity index is 1660. The van der Waals surface area contributed by atoms with Crippen LogP contribution in [0.3, 0.4) is 0 Å². The molecule has 2 aliphatic heterocycles. The molecule has 0 bridgehead atoms. The molecule has 0 unspecified atom stereocenters. The van der Waals surface area contributed by atoms with E-state index < -0.39 is 52.3 Å². The van der Waals surface area contributed by atoms with E-state index in [4.69, 9.17) is 39.7 Å². The number of carbonyl (C=O) groups is 1. The van der Waals surface area contributed by atoms with E-state index in [2.05, 4.69) is 68.2 Å². The van der Waals surface area contributed by atoms with Gasteiger partial charge in [-0.3, -0.25) is 4.57 Å². The summed E-state index contributed by atoms with van der Waals surface area (Å²) in [7, 11) is -2.31. The highest BCUT2D eigenvalue weighted by molar-refractivity contribution is 6.76. The normalized spacial score (nSPS) is 21.3. The number of pyridine rings is 1. The fourth-order valence-electron chi connectivity index (χ4n) is 5.27. The van der Waals surface area contributed by atoms with E-state index in [1.165, 1.54) is 0 Å². The van der Waals surface area contributed by atoms with Gasteiger partial charge in [0.2, 0.25) is 5.88 Å². The molecule has 270 valence electrons. The second kappa shape index (κ2) is 14.5. The lowest BCUT2D eigenvalue weighted by atomic mass is 10.1. The smallest absolute Gasteiger partial charge is 0.338 e. The Morgan fingerprint density at radius 3 is 2.27 bits per heavy atom. The van der Waals surface area contributed by atoms with Crippen molar-refractivity contribution in [3.8, 4) is 11.9 Å². The van der Waals surface area contributed by atoms with E-state index in [1.807, 2.05) is 0 Å². The molecule has 2 aliphatic rings. The lowest BCUT2D eigenvalue weighted by Crippen LogP contribution is -2.47. The van der Waals surface area contributed by atoms with Crippen molar-refractivity contribution in [2.75, 3.05) is 26.9 Å². The van der Waals surface area contributed by atoms with E-state index in [0.717, 1.165) is 25.3 Å². The molecule has 5 rings (SSSR count). The number of halogens is 3. The van der Waals surface area contributed by atoms with Crippen molar-refractivity contribution in [3.05, 3.63) is 46.0 Å². The molecule has 0 amide bonds. The first kappa shape index (κ1) is 37.6. The molecule has 0 radical (unpaired) electrons. The van der Waals surface area contributed by atoms with Crippen molar-refractivity contribution in [1.29, 1.82) is 0 Å². The van der Waals surface area contributed by atoms with Gasteiger partial charge in [-0.2, -0.15) is 9.97 Å². The largest absolute Gasteiger partial charge is 0.471 e. The average Bonchev–Trinajstić information content (AvgIpc) is 3.68. The van der Waals surface area contributed by atoms with E-state index >= 15 is 0 Å². The van der Waals surface area contributed by atoms with Gasteiger partial charge in [0.15, 0.2) is 20.1 Å². The summed E-state index contributed by atoms with van der Waals surface area (Å²) in [6.45, 7) is 18.5. The number of ether oxygens (including phenoxy) is 6. The number of esters is 1. The van der Waals surface area contributed by atoms with Crippen LogP contribution in [0, 0.1) is 11.6 Å². The fraction of sp³-hybridized carbons (Fsp3) is 0.606. The maximum Gasteiger partial charge on any atom is 0.338 e. The van der Waals surface area contributed by atoms with Crippen molar-refractivity contribution in [2.45, 2.75) is 102 Å². The Kier molecular flexibility index (Phi) is 11.1. The number of aromatic nitrogens is 3. The number of fused-ring (bicyclic) bond motifs is 2. The molecule has 16 heteroatoms. The quantitative estimate of drug-likeness (QED) is 0.103. The van der Waals surface area contributed by atoms with Crippen LogP contribution in [0.1, 0.15) is 36.7 Å². The van der Waals surface area contributed by atoms with Gasteiger partial charge in [-0.15, -0.1) is 0 Å². The highest BCUT2D eigenvalue weighted by Gasteiger charge is 2.52. The van der Waals surface area contributed by atoms with Gasteiger partial charge in [0.1, 0.15) is 47.7 Å². The Balaban J connectivity index is 1.38. The van der Waals surface area contributed by atoms with Crippen molar-refractivity contribution >= 4 is 45.1 Å². The van der Waals surface area contributed by atoms with Gasteiger partial charge in [-0.05, 0) is 42.4 Å². The van der Waals surface area contributed by atoms with E-state index in [-0.39, 0.29) is 59.2 Å². The predicted molar refractivity (Wildman–Crippen MR) is 185 cm³/mol. The summed E-state index contributed by atoms with van der Waals surface area (Å²) < 4.78 is 73.0. The van der Waals surface area contributed by atoms with Crippen LogP contribution in [0.25, 0.3) is 11.2 Å². The summed E-state index contributed by atoms with van der Waals surface area (Å²) in [5.41, 5.74) is 0.0836. The molecular formula is C33H46ClF2N3O8Si2. The Morgan fingerprint density at radius 2 is 1.65 bits per heavy atom. The minimum absolute atomic E-state index is 0.0359. The first-order chi connectivity index (χ1) is 22.9. The summed E-state index contributed by atoms with van der Waals surface area (Å²) in [5, 5.41) is 0.109.